The molecule has 5 heteroatoms. The van der Waals surface area contributed by atoms with Crippen molar-refractivity contribution in [3.63, 3.8) is 0 Å². The molecule has 1 aromatic heterocycles. The second-order valence-corrected chi connectivity index (χ2v) is 4.59. The molecule has 1 heterocycles. The molecule has 0 bridgehead atoms. The predicted molar refractivity (Wildman–Crippen MR) is 79.4 cm³/mol. The van der Waals surface area contributed by atoms with Crippen molar-refractivity contribution < 1.29 is 14.2 Å². The Labute approximate surface area is 124 Å². The molecule has 1 aromatic carbocycles. The van der Waals surface area contributed by atoms with E-state index in [1.54, 1.807) is 13.3 Å². The van der Waals surface area contributed by atoms with E-state index in [2.05, 4.69) is 11.1 Å². The summed E-state index contributed by atoms with van der Waals surface area (Å²) < 4.78 is 16.0. The molecule has 2 aromatic rings. The van der Waals surface area contributed by atoms with Crippen molar-refractivity contribution in [2.24, 2.45) is 0 Å². The van der Waals surface area contributed by atoms with Gasteiger partial charge in [0.25, 0.3) is 0 Å². The van der Waals surface area contributed by atoms with E-state index in [0.717, 1.165) is 16.5 Å². The fourth-order valence-electron chi connectivity index (χ4n) is 1.96. The lowest BCUT2D eigenvalue weighted by Gasteiger charge is -2.11. The van der Waals surface area contributed by atoms with Gasteiger partial charge in [-0.3, -0.25) is 4.98 Å². The standard InChI is InChI=1S/C16H18N2O3/c1-12-3-4-15-14(9-12)16(13(10-17)11-18-15)21-8-7-20-6-5-19-2/h3-4,9,11H,5-8H2,1-2H3. The number of pyridine rings is 1. The van der Waals surface area contributed by atoms with E-state index in [0.29, 0.717) is 37.7 Å². The predicted octanol–water partition coefficient (Wildman–Crippen LogP) is 2.46. The molecular weight excluding hydrogens is 268 g/mol. The maximum absolute atomic E-state index is 9.20. The summed E-state index contributed by atoms with van der Waals surface area (Å²) in [4.78, 5) is 4.27. The first-order chi connectivity index (χ1) is 10.3. The fourth-order valence-corrected chi connectivity index (χ4v) is 1.96. The summed E-state index contributed by atoms with van der Waals surface area (Å²) in [5.74, 6) is 0.571. The van der Waals surface area contributed by atoms with Crippen LogP contribution >= 0.6 is 0 Å². The quantitative estimate of drug-likeness (QED) is 0.731. The van der Waals surface area contributed by atoms with Gasteiger partial charge in [-0.15, -0.1) is 0 Å². The van der Waals surface area contributed by atoms with Crippen LogP contribution in [0.1, 0.15) is 11.1 Å². The number of aromatic nitrogens is 1. The average molecular weight is 286 g/mol. The molecule has 5 nitrogen and oxygen atoms in total. The molecular formula is C16H18N2O3. The molecule has 0 fully saturated rings. The van der Waals surface area contributed by atoms with Gasteiger partial charge in [-0.05, 0) is 19.1 Å². The minimum Gasteiger partial charge on any atom is -0.489 e. The van der Waals surface area contributed by atoms with Crippen LogP contribution in [0.25, 0.3) is 10.9 Å². The maximum atomic E-state index is 9.20. The molecule has 0 N–H and O–H groups in total. The first kappa shape index (κ1) is 15.2. The highest BCUT2D eigenvalue weighted by molar-refractivity contribution is 5.87. The number of hydrogen-bond acceptors (Lipinski definition) is 5. The van der Waals surface area contributed by atoms with Crippen LogP contribution in [0.2, 0.25) is 0 Å². The molecule has 0 aliphatic rings. The zero-order chi connectivity index (χ0) is 15.1. The summed E-state index contributed by atoms with van der Waals surface area (Å²) in [6.07, 6.45) is 1.54. The summed E-state index contributed by atoms with van der Waals surface area (Å²) in [6, 6.07) is 8.01. The molecule has 0 unspecified atom stereocenters. The number of fused-ring (bicyclic) bond motifs is 1. The van der Waals surface area contributed by atoms with Crippen molar-refractivity contribution in [3.05, 3.63) is 35.5 Å². The molecule has 0 aliphatic carbocycles. The Hall–Kier alpha value is -2.16. The van der Waals surface area contributed by atoms with Gasteiger partial charge in [-0.2, -0.15) is 5.26 Å². The first-order valence-corrected chi connectivity index (χ1v) is 6.75. The molecule has 0 spiro atoms. The van der Waals surface area contributed by atoms with Gasteiger partial charge in [0.05, 0.1) is 25.3 Å². The van der Waals surface area contributed by atoms with Crippen LogP contribution in [0, 0.1) is 18.3 Å². The highest BCUT2D eigenvalue weighted by atomic mass is 16.5. The topological polar surface area (TPSA) is 64.4 Å². The minimum atomic E-state index is 0.380. The molecule has 21 heavy (non-hydrogen) atoms. The van der Waals surface area contributed by atoms with Crippen molar-refractivity contribution in [1.29, 1.82) is 5.26 Å². The Balaban J connectivity index is 2.13. The molecule has 0 atom stereocenters. The third-order valence-corrected chi connectivity index (χ3v) is 3.00. The monoisotopic (exact) mass is 286 g/mol. The Bertz CT molecular complexity index is 650. The van der Waals surface area contributed by atoms with Crippen molar-refractivity contribution >= 4 is 10.9 Å². The number of nitrogens with zero attached hydrogens (tertiary/aromatic N) is 2. The average Bonchev–Trinajstić information content (AvgIpc) is 2.50. The van der Waals surface area contributed by atoms with E-state index < -0.39 is 0 Å². The second-order valence-electron chi connectivity index (χ2n) is 4.59. The third-order valence-electron chi connectivity index (χ3n) is 3.00. The normalized spacial score (nSPS) is 10.5. The lowest BCUT2D eigenvalue weighted by Crippen LogP contribution is -2.10. The molecule has 0 aliphatic heterocycles. The Morgan fingerprint density at radius 3 is 2.76 bits per heavy atom. The van der Waals surface area contributed by atoms with Crippen molar-refractivity contribution in [1.82, 2.24) is 4.98 Å². The van der Waals surface area contributed by atoms with Gasteiger partial charge in [-0.1, -0.05) is 11.6 Å². The van der Waals surface area contributed by atoms with Crippen molar-refractivity contribution in [2.45, 2.75) is 6.92 Å². The third kappa shape index (κ3) is 3.91. The van der Waals surface area contributed by atoms with Gasteiger partial charge < -0.3 is 14.2 Å². The zero-order valence-electron chi connectivity index (χ0n) is 12.3. The Morgan fingerprint density at radius 1 is 1.19 bits per heavy atom. The summed E-state index contributed by atoms with van der Waals surface area (Å²) in [5.41, 5.74) is 2.35. The van der Waals surface area contributed by atoms with Crippen LogP contribution in [0.4, 0.5) is 0 Å². The van der Waals surface area contributed by atoms with Gasteiger partial charge in [-0.25, -0.2) is 0 Å². The van der Waals surface area contributed by atoms with E-state index in [-0.39, 0.29) is 0 Å². The molecule has 2 rings (SSSR count). The molecule has 0 radical (unpaired) electrons. The number of hydrogen-bond donors (Lipinski definition) is 0. The zero-order valence-corrected chi connectivity index (χ0v) is 12.3. The van der Waals surface area contributed by atoms with Crippen molar-refractivity contribution in [2.75, 3.05) is 33.5 Å². The van der Waals surface area contributed by atoms with E-state index in [9.17, 15) is 5.26 Å². The number of aryl methyl sites for hydroxylation is 1. The minimum absolute atomic E-state index is 0.380. The molecule has 0 amide bonds. The van der Waals surface area contributed by atoms with Gasteiger partial charge >= 0.3 is 0 Å². The van der Waals surface area contributed by atoms with Crippen LogP contribution in [0.3, 0.4) is 0 Å². The lowest BCUT2D eigenvalue weighted by atomic mass is 10.1. The highest BCUT2D eigenvalue weighted by Crippen LogP contribution is 2.28. The van der Waals surface area contributed by atoms with Crippen LogP contribution in [0.5, 0.6) is 5.75 Å². The number of ether oxygens (including phenoxy) is 3. The van der Waals surface area contributed by atoms with Gasteiger partial charge in [0.2, 0.25) is 0 Å². The van der Waals surface area contributed by atoms with Crippen LogP contribution in [-0.4, -0.2) is 38.5 Å². The molecule has 110 valence electrons. The smallest absolute Gasteiger partial charge is 0.148 e. The summed E-state index contributed by atoms with van der Waals surface area (Å²) >= 11 is 0. The number of benzene rings is 1. The van der Waals surface area contributed by atoms with Gasteiger partial charge in [0.15, 0.2) is 0 Å². The van der Waals surface area contributed by atoms with Crippen LogP contribution < -0.4 is 4.74 Å². The van der Waals surface area contributed by atoms with Gasteiger partial charge in [0, 0.05) is 18.7 Å². The van der Waals surface area contributed by atoms with E-state index in [1.165, 1.54) is 0 Å². The first-order valence-electron chi connectivity index (χ1n) is 6.75. The van der Waals surface area contributed by atoms with Crippen molar-refractivity contribution in [3.8, 4) is 11.8 Å². The largest absolute Gasteiger partial charge is 0.489 e. The summed E-state index contributed by atoms with van der Waals surface area (Å²) in [7, 11) is 1.63. The maximum Gasteiger partial charge on any atom is 0.148 e. The highest BCUT2D eigenvalue weighted by Gasteiger charge is 2.10. The van der Waals surface area contributed by atoms with Crippen LogP contribution in [0.15, 0.2) is 24.4 Å². The van der Waals surface area contributed by atoms with Gasteiger partial charge in [0.1, 0.15) is 24.0 Å². The number of nitriles is 1. The fraction of sp³-hybridized carbons (Fsp3) is 0.375. The second kappa shape index (κ2) is 7.58. The number of methoxy groups -OCH3 is 1. The summed E-state index contributed by atoms with van der Waals surface area (Å²) in [5, 5.41) is 10.1. The summed E-state index contributed by atoms with van der Waals surface area (Å²) in [6.45, 7) is 3.91. The molecule has 0 saturated carbocycles. The SMILES string of the molecule is COCCOCCOc1c(C#N)cnc2ccc(C)cc12. The molecule has 0 saturated heterocycles. The lowest BCUT2D eigenvalue weighted by molar-refractivity contribution is 0.0546. The number of rotatable bonds is 7. The van der Waals surface area contributed by atoms with Crippen LogP contribution in [-0.2, 0) is 9.47 Å². The van der Waals surface area contributed by atoms with E-state index in [4.69, 9.17) is 14.2 Å². The Kier molecular flexibility index (Phi) is 5.50. The Morgan fingerprint density at radius 2 is 2.00 bits per heavy atom. The van der Waals surface area contributed by atoms with E-state index >= 15 is 0 Å². The van der Waals surface area contributed by atoms with E-state index in [1.807, 2.05) is 25.1 Å².